The van der Waals surface area contributed by atoms with Gasteiger partial charge < -0.3 is 63.3 Å². The average Bonchev–Trinajstić information content (AvgIpc) is 2.74. The van der Waals surface area contributed by atoms with E-state index >= 15 is 0 Å². The topological polar surface area (TPSA) is 69.2 Å². The summed E-state index contributed by atoms with van der Waals surface area (Å²) >= 11 is 3.27. The highest BCUT2D eigenvalue weighted by Crippen LogP contribution is 2.04. The molecule has 0 aliphatic heterocycles. The minimum absolute atomic E-state index is 0. The van der Waals surface area contributed by atoms with Gasteiger partial charge >= 0.3 is 0 Å². The van der Waals surface area contributed by atoms with E-state index in [-0.39, 0.29) is 24.0 Å². The van der Waals surface area contributed by atoms with Gasteiger partial charge in [0.15, 0.2) is 0 Å². The van der Waals surface area contributed by atoms with Crippen molar-refractivity contribution in [2.45, 2.75) is 81.1 Å². The van der Waals surface area contributed by atoms with Crippen LogP contribution in [0.2, 0.25) is 0 Å². The van der Waals surface area contributed by atoms with E-state index in [0.717, 1.165) is 17.9 Å². The molecule has 38 heavy (non-hydrogen) atoms. The Hall–Kier alpha value is 1.10. The van der Waals surface area contributed by atoms with Crippen molar-refractivity contribution in [2.24, 2.45) is 0 Å². The van der Waals surface area contributed by atoms with Crippen LogP contribution in [0.4, 0.5) is 0 Å². The van der Waals surface area contributed by atoms with Crippen molar-refractivity contribution in [3.8, 4) is 0 Å². The number of halogens is 1. The van der Waals surface area contributed by atoms with Crippen molar-refractivity contribution in [2.75, 3.05) is 109 Å². The molecule has 0 aromatic heterocycles. The van der Waals surface area contributed by atoms with Crippen LogP contribution in [0.3, 0.4) is 0 Å². The zero-order chi connectivity index (χ0) is 31.0. The number of nitrogens with zero attached hydrogens (tertiary/aromatic N) is 4. The first-order chi connectivity index (χ1) is 16.5. The van der Waals surface area contributed by atoms with Crippen LogP contribution in [0.15, 0.2) is 0 Å². The van der Waals surface area contributed by atoms with Crippen molar-refractivity contribution in [1.82, 2.24) is 0 Å². The first-order valence-corrected chi connectivity index (χ1v) is 17.1. The predicted molar refractivity (Wildman–Crippen MR) is 166 cm³/mol. The van der Waals surface area contributed by atoms with E-state index < -0.39 is 6.72 Å². The van der Waals surface area contributed by atoms with Crippen molar-refractivity contribution >= 4 is 18.5 Å². The molecule has 10 heteroatoms. The lowest BCUT2D eigenvalue weighted by Gasteiger charge is -2.43. The van der Waals surface area contributed by atoms with Gasteiger partial charge in [-0.1, -0.05) is 27.7 Å². The largest absolute Gasteiger partial charge is 1.00 e. The molecular weight excluding hydrogens is 630 g/mol. The summed E-state index contributed by atoms with van der Waals surface area (Å²) in [5.74, 6) is 0. The Kier molecular flexibility index (Phi) is 38.5. The lowest BCUT2D eigenvalue weighted by atomic mass is 10.4. The van der Waals surface area contributed by atoms with Gasteiger partial charge in [0.2, 0.25) is 0 Å². The van der Waals surface area contributed by atoms with Crippen LogP contribution in [-0.4, -0.2) is 127 Å². The summed E-state index contributed by atoms with van der Waals surface area (Å²) in [7, 11) is 18.1. The molecule has 0 rings (SSSR count). The molecule has 0 saturated heterocycles. The SMILES string of the molecule is CCC[N+](C)(C)CC.CCC[N+](C)(C)CC.CCC[N+](C)(C)CC.CCC[N+](C)(C)CC.[I-].[O-]P([O-])([O-])=S. The molecule has 240 valence electrons. The number of hydrogen-bond acceptors (Lipinski definition) is 4. The molecule has 0 atom stereocenters. The highest BCUT2D eigenvalue weighted by atomic mass is 127. The monoisotopic (exact) mass is 702 g/mol. The summed E-state index contributed by atoms with van der Waals surface area (Å²) in [5.41, 5.74) is 0. The number of quaternary nitrogens is 4. The van der Waals surface area contributed by atoms with Crippen molar-refractivity contribution < 1.29 is 56.6 Å². The molecule has 0 aromatic carbocycles. The summed E-state index contributed by atoms with van der Waals surface area (Å²) in [5, 5.41) is 0. The predicted octanol–water partition coefficient (Wildman–Crippen LogP) is 0.267. The molecule has 0 radical (unpaired) electrons. The normalized spacial score (nSPS) is 11.7. The first-order valence-electron chi connectivity index (χ1n) is 14.5. The van der Waals surface area contributed by atoms with Gasteiger partial charge in [-0.05, 0) is 53.4 Å². The van der Waals surface area contributed by atoms with E-state index in [1.54, 1.807) is 0 Å². The summed E-state index contributed by atoms with van der Waals surface area (Å²) in [6.07, 6.45) is 5.17. The van der Waals surface area contributed by atoms with Gasteiger partial charge in [0.1, 0.15) is 0 Å². The summed E-state index contributed by atoms with van der Waals surface area (Å²) in [4.78, 5) is 26.8. The van der Waals surface area contributed by atoms with Crippen molar-refractivity contribution in [3.05, 3.63) is 0 Å². The van der Waals surface area contributed by atoms with Gasteiger partial charge in [-0.3, -0.25) is 0 Å². The Labute approximate surface area is 263 Å². The maximum atomic E-state index is 8.92. The Morgan fingerprint density at radius 2 is 0.526 bits per heavy atom. The summed E-state index contributed by atoms with van der Waals surface area (Å²) in [6.45, 7) is 23.5. The molecule has 0 aromatic rings. The van der Waals surface area contributed by atoms with E-state index in [2.05, 4.69) is 124 Å². The minimum Gasteiger partial charge on any atom is -1.00 e. The van der Waals surface area contributed by atoms with Crippen molar-refractivity contribution in [3.63, 3.8) is 0 Å². The third-order valence-corrected chi connectivity index (χ3v) is 6.74. The molecule has 7 nitrogen and oxygen atoms in total. The lowest BCUT2D eigenvalue weighted by Crippen LogP contribution is -3.00. The van der Waals surface area contributed by atoms with Crippen LogP contribution < -0.4 is 38.7 Å². The maximum absolute atomic E-state index is 8.92. The van der Waals surface area contributed by atoms with Crippen LogP contribution in [-0.2, 0) is 11.8 Å². The Morgan fingerprint density at radius 3 is 0.553 bits per heavy atom. The molecule has 0 amide bonds. The van der Waals surface area contributed by atoms with Gasteiger partial charge in [0.25, 0.3) is 0 Å². The lowest BCUT2D eigenvalue weighted by molar-refractivity contribution is -0.888. The van der Waals surface area contributed by atoms with Gasteiger partial charge in [-0.25, -0.2) is 0 Å². The maximum Gasteiger partial charge on any atom is 0.0779 e. The molecule has 0 unspecified atom stereocenters. The Balaban J connectivity index is -0.0000000844. The molecule has 0 heterocycles. The highest BCUT2D eigenvalue weighted by molar-refractivity contribution is 8.04. The van der Waals surface area contributed by atoms with Crippen LogP contribution in [0.5, 0.6) is 0 Å². The molecule has 0 spiro atoms. The quantitative estimate of drug-likeness (QED) is 0.167. The molecular formula is C28H72IN4O3PS. The highest BCUT2D eigenvalue weighted by Gasteiger charge is 2.09. The fourth-order valence-corrected chi connectivity index (χ4v) is 3.05. The standard InChI is InChI=1S/4C7H18N.HI.H3O3PS/c4*1-5-7-8(3,4)6-2;;1-4(2,3)5/h4*5-7H2,1-4H3;1H;(H3,1,2,3,5)/q4*+1;;/p-4. The molecule has 0 bridgehead atoms. The number of rotatable bonds is 12. The van der Waals surface area contributed by atoms with E-state index in [4.69, 9.17) is 14.7 Å². The zero-order valence-electron chi connectivity index (χ0n) is 28.7. The van der Waals surface area contributed by atoms with Crippen molar-refractivity contribution in [1.29, 1.82) is 0 Å². The second kappa shape index (κ2) is 28.2. The fourth-order valence-electron chi connectivity index (χ4n) is 3.05. The van der Waals surface area contributed by atoms with Crippen LogP contribution in [0.25, 0.3) is 0 Å². The molecule has 0 N–H and O–H groups in total. The van der Waals surface area contributed by atoms with E-state index in [0.29, 0.717) is 0 Å². The molecule has 0 aliphatic rings. The fraction of sp³-hybridized carbons (Fsp3) is 1.00. The number of hydrogen-bond donors (Lipinski definition) is 0. The average molecular weight is 703 g/mol. The molecule has 0 fully saturated rings. The van der Waals surface area contributed by atoms with E-state index in [1.165, 1.54) is 78.0 Å². The Bertz CT molecular complexity index is 452. The summed E-state index contributed by atoms with van der Waals surface area (Å²) in [6, 6.07) is 0. The minimum atomic E-state index is -4.56. The van der Waals surface area contributed by atoms with Gasteiger partial charge in [0.05, 0.1) is 109 Å². The smallest absolute Gasteiger partial charge is 0.0779 e. The summed E-state index contributed by atoms with van der Waals surface area (Å²) < 4.78 is 4.65. The first kappa shape index (κ1) is 51.8. The Morgan fingerprint density at radius 1 is 0.421 bits per heavy atom. The van der Waals surface area contributed by atoms with Gasteiger partial charge in [-0.15, -0.1) is 0 Å². The van der Waals surface area contributed by atoms with E-state index in [9.17, 15) is 0 Å². The van der Waals surface area contributed by atoms with Gasteiger partial charge in [-0.2, -0.15) is 11.8 Å². The molecule has 0 aliphatic carbocycles. The third-order valence-electron chi connectivity index (χ3n) is 6.74. The van der Waals surface area contributed by atoms with Crippen LogP contribution >= 0.6 is 6.72 Å². The third kappa shape index (κ3) is 57.1. The van der Waals surface area contributed by atoms with Crippen LogP contribution in [0, 0.1) is 0 Å². The second-order valence-electron chi connectivity index (χ2n) is 12.3. The van der Waals surface area contributed by atoms with Crippen LogP contribution in [0.1, 0.15) is 81.1 Å². The molecule has 0 saturated carbocycles. The second-order valence-corrected chi connectivity index (χ2v) is 14.6. The zero-order valence-corrected chi connectivity index (χ0v) is 32.6. The van der Waals surface area contributed by atoms with E-state index in [1.807, 2.05) is 0 Å². The van der Waals surface area contributed by atoms with Gasteiger partial charge in [0, 0.05) is 0 Å².